The molecule has 0 radical (unpaired) electrons. The van der Waals surface area contributed by atoms with Crippen molar-refractivity contribution in [2.24, 2.45) is 0 Å². The van der Waals surface area contributed by atoms with E-state index in [1.807, 2.05) is 0 Å². The molecule has 1 aliphatic heterocycles. The third kappa shape index (κ3) is 7.07. The Morgan fingerprint density at radius 1 is 1.33 bits per heavy atom. The summed E-state index contributed by atoms with van der Waals surface area (Å²) in [5.74, 6) is -0.436. The van der Waals surface area contributed by atoms with Gasteiger partial charge in [-0.1, -0.05) is 44.8 Å². The minimum absolute atomic E-state index is 0.0467. The molecule has 122 valence electrons. The van der Waals surface area contributed by atoms with Crippen LogP contribution in [0.5, 0.6) is 0 Å². The molecule has 1 aliphatic rings. The van der Waals surface area contributed by atoms with Gasteiger partial charge in [0, 0.05) is 12.8 Å². The van der Waals surface area contributed by atoms with E-state index in [9.17, 15) is 20.1 Å². The maximum absolute atomic E-state index is 11.7. The average molecular weight is 300 g/mol. The van der Waals surface area contributed by atoms with Gasteiger partial charge in [-0.2, -0.15) is 0 Å². The Morgan fingerprint density at radius 3 is 2.81 bits per heavy atom. The molecule has 0 saturated heterocycles. The van der Waals surface area contributed by atoms with E-state index in [2.05, 4.69) is 6.92 Å². The molecule has 0 amide bonds. The van der Waals surface area contributed by atoms with E-state index in [-0.39, 0.29) is 12.8 Å². The second kappa shape index (κ2) is 9.92. The van der Waals surface area contributed by atoms with Crippen LogP contribution in [0.1, 0.15) is 58.3 Å². The van der Waals surface area contributed by atoms with Crippen molar-refractivity contribution in [3.05, 3.63) is 12.2 Å². The van der Waals surface area contributed by atoms with Crippen LogP contribution in [0, 0.1) is 0 Å². The van der Waals surface area contributed by atoms with Crippen molar-refractivity contribution in [3.63, 3.8) is 0 Å². The number of aliphatic hydroxyl groups is 3. The monoisotopic (exact) mass is 300 g/mol. The van der Waals surface area contributed by atoms with Crippen molar-refractivity contribution in [1.29, 1.82) is 0 Å². The van der Waals surface area contributed by atoms with Gasteiger partial charge in [-0.15, -0.1) is 0 Å². The number of aliphatic hydroxyl groups excluding tert-OH is 3. The SMILES string of the molecule is CCCCCCC(O)C1CC=CC(O)C(O)CCC(=O)O1. The van der Waals surface area contributed by atoms with E-state index in [4.69, 9.17) is 4.74 Å². The lowest BCUT2D eigenvalue weighted by Crippen LogP contribution is -2.33. The summed E-state index contributed by atoms with van der Waals surface area (Å²) in [5, 5.41) is 29.4. The van der Waals surface area contributed by atoms with Crippen molar-refractivity contribution in [2.75, 3.05) is 0 Å². The number of carbonyl (C=O) groups is 1. The van der Waals surface area contributed by atoms with Crippen molar-refractivity contribution in [1.82, 2.24) is 0 Å². The van der Waals surface area contributed by atoms with E-state index in [0.29, 0.717) is 12.8 Å². The molecule has 0 aliphatic carbocycles. The first-order valence-corrected chi connectivity index (χ1v) is 7.95. The van der Waals surface area contributed by atoms with Gasteiger partial charge < -0.3 is 20.1 Å². The fraction of sp³-hybridized carbons (Fsp3) is 0.812. The molecule has 5 nitrogen and oxygen atoms in total. The second-order valence-corrected chi connectivity index (χ2v) is 5.71. The zero-order chi connectivity index (χ0) is 15.7. The molecule has 1 rings (SSSR count). The Balaban J connectivity index is 2.53. The largest absolute Gasteiger partial charge is 0.459 e. The minimum atomic E-state index is -0.974. The summed E-state index contributed by atoms with van der Waals surface area (Å²) in [6, 6.07) is 0. The number of ether oxygens (including phenoxy) is 1. The predicted molar refractivity (Wildman–Crippen MR) is 79.7 cm³/mol. The number of hydrogen-bond acceptors (Lipinski definition) is 5. The highest BCUT2D eigenvalue weighted by molar-refractivity contribution is 5.69. The number of carbonyl (C=O) groups excluding carboxylic acids is 1. The van der Waals surface area contributed by atoms with Crippen LogP contribution >= 0.6 is 0 Å². The molecule has 4 atom stereocenters. The molecule has 0 aromatic carbocycles. The Bertz CT molecular complexity index is 329. The first kappa shape index (κ1) is 18.1. The Kier molecular flexibility index (Phi) is 8.57. The van der Waals surface area contributed by atoms with Gasteiger partial charge >= 0.3 is 5.97 Å². The fourth-order valence-corrected chi connectivity index (χ4v) is 2.39. The molecule has 5 heteroatoms. The number of rotatable bonds is 6. The van der Waals surface area contributed by atoms with Gasteiger partial charge in [-0.3, -0.25) is 4.79 Å². The van der Waals surface area contributed by atoms with Crippen LogP contribution < -0.4 is 0 Å². The van der Waals surface area contributed by atoms with Crippen molar-refractivity contribution < 1.29 is 24.9 Å². The highest BCUT2D eigenvalue weighted by atomic mass is 16.6. The summed E-state index contributed by atoms with van der Waals surface area (Å²) in [5.41, 5.74) is 0. The lowest BCUT2D eigenvalue weighted by Gasteiger charge is -2.24. The van der Waals surface area contributed by atoms with E-state index in [1.165, 1.54) is 6.08 Å². The van der Waals surface area contributed by atoms with Gasteiger partial charge in [0.15, 0.2) is 0 Å². The third-order valence-electron chi connectivity index (χ3n) is 3.81. The molecule has 0 spiro atoms. The highest BCUT2D eigenvalue weighted by Crippen LogP contribution is 2.17. The number of cyclic esters (lactones) is 1. The lowest BCUT2D eigenvalue weighted by atomic mass is 10.0. The third-order valence-corrected chi connectivity index (χ3v) is 3.81. The zero-order valence-corrected chi connectivity index (χ0v) is 12.8. The van der Waals surface area contributed by atoms with Gasteiger partial charge in [0.2, 0.25) is 0 Å². The molecular weight excluding hydrogens is 272 g/mol. The molecular formula is C16H28O5. The van der Waals surface area contributed by atoms with Crippen molar-refractivity contribution in [3.8, 4) is 0 Å². The topological polar surface area (TPSA) is 87.0 Å². The summed E-state index contributed by atoms with van der Waals surface area (Å²) in [6.45, 7) is 2.13. The van der Waals surface area contributed by atoms with Crippen LogP contribution in [0.15, 0.2) is 12.2 Å². The average Bonchev–Trinajstić information content (AvgIpc) is 2.47. The standard InChI is InChI=1S/C16H28O5/c1-2-3-4-5-7-14(19)15-9-6-8-12(17)13(18)10-11-16(20)21-15/h6,8,12-15,17-19H,2-5,7,9-11H2,1H3. The normalized spacial score (nSPS) is 29.0. The molecule has 0 fully saturated rings. The van der Waals surface area contributed by atoms with E-state index in [1.54, 1.807) is 6.08 Å². The van der Waals surface area contributed by atoms with Crippen LogP contribution in [0.2, 0.25) is 0 Å². The van der Waals surface area contributed by atoms with E-state index < -0.39 is 30.4 Å². The van der Waals surface area contributed by atoms with Gasteiger partial charge in [0.05, 0.1) is 18.3 Å². The highest BCUT2D eigenvalue weighted by Gasteiger charge is 2.24. The summed E-state index contributed by atoms with van der Waals surface area (Å²) >= 11 is 0. The van der Waals surface area contributed by atoms with Crippen LogP contribution in [0.25, 0.3) is 0 Å². The maximum atomic E-state index is 11.7. The Morgan fingerprint density at radius 2 is 2.10 bits per heavy atom. The molecule has 1 heterocycles. The summed E-state index contributed by atoms with van der Waals surface area (Å²) in [6.07, 6.45) is 5.39. The van der Waals surface area contributed by atoms with Gasteiger partial charge in [-0.25, -0.2) is 0 Å². The molecule has 0 bridgehead atoms. The molecule has 0 saturated carbocycles. The summed E-state index contributed by atoms with van der Waals surface area (Å²) in [4.78, 5) is 11.7. The van der Waals surface area contributed by atoms with Gasteiger partial charge in [-0.05, 0) is 12.8 Å². The van der Waals surface area contributed by atoms with Crippen LogP contribution in [0.3, 0.4) is 0 Å². The smallest absolute Gasteiger partial charge is 0.306 e. The van der Waals surface area contributed by atoms with Crippen LogP contribution in [-0.2, 0) is 9.53 Å². The van der Waals surface area contributed by atoms with Gasteiger partial charge in [0.25, 0.3) is 0 Å². The molecule has 0 aromatic heterocycles. The summed E-state index contributed by atoms with van der Waals surface area (Å²) < 4.78 is 5.30. The number of unbranched alkanes of at least 4 members (excludes halogenated alkanes) is 3. The number of esters is 1. The lowest BCUT2D eigenvalue weighted by molar-refractivity contribution is -0.156. The molecule has 21 heavy (non-hydrogen) atoms. The molecule has 4 unspecified atom stereocenters. The maximum Gasteiger partial charge on any atom is 0.306 e. The quantitative estimate of drug-likeness (QED) is 0.395. The zero-order valence-electron chi connectivity index (χ0n) is 12.8. The Hall–Kier alpha value is -0.910. The van der Waals surface area contributed by atoms with Crippen molar-refractivity contribution in [2.45, 2.75) is 82.7 Å². The Labute approximate surface area is 126 Å². The first-order valence-electron chi connectivity index (χ1n) is 7.95. The van der Waals surface area contributed by atoms with Gasteiger partial charge in [0.1, 0.15) is 6.10 Å². The minimum Gasteiger partial charge on any atom is -0.459 e. The van der Waals surface area contributed by atoms with Crippen molar-refractivity contribution >= 4 is 5.97 Å². The first-order chi connectivity index (χ1) is 10.0. The fourth-order valence-electron chi connectivity index (χ4n) is 2.39. The molecule has 3 N–H and O–H groups in total. The molecule has 0 aromatic rings. The summed E-state index contributed by atoms with van der Waals surface area (Å²) in [7, 11) is 0. The van der Waals surface area contributed by atoms with Crippen LogP contribution in [0.4, 0.5) is 0 Å². The second-order valence-electron chi connectivity index (χ2n) is 5.71. The number of hydrogen-bond donors (Lipinski definition) is 3. The van der Waals surface area contributed by atoms with E-state index in [0.717, 1.165) is 25.7 Å². The van der Waals surface area contributed by atoms with Crippen LogP contribution in [-0.4, -0.2) is 45.7 Å². The van der Waals surface area contributed by atoms with E-state index >= 15 is 0 Å². The predicted octanol–water partition coefficient (Wildman–Crippen LogP) is 1.69.